The van der Waals surface area contributed by atoms with Crippen LogP contribution < -0.4 is 0 Å². The largest absolute Gasteiger partial charge is 0.414 e. The highest BCUT2D eigenvalue weighted by Gasteiger charge is 2.39. The van der Waals surface area contributed by atoms with Crippen molar-refractivity contribution in [2.45, 2.75) is 83.4 Å². The third-order valence-corrected chi connectivity index (χ3v) is 5.62. The molecule has 23 heavy (non-hydrogen) atoms. The molecule has 0 heterocycles. The molecule has 0 amide bonds. The number of rotatable bonds is 6. The molecule has 2 rings (SSSR count). The lowest BCUT2D eigenvalue weighted by Gasteiger charge is -2.35. The number of hydrogen-bond donors (Lipinski definition) is 0. The molecule has 1 nitrogen and oxygen atoms in total. The van der Waals surface area contributed by atoms with Gasteiger partial charge in [-0.05, 0) is 50.4 Å². The Balaban J connectivity index is 1.72. The van der Waals surface area contributed by atoms with Crippen LogP contribution in [0.1, 0.15) is 71.1 Å². The smallest absolute Gasteiger partial charge is 0.369 e. The second-order valence-corrected chi connectivity index (χ2v) is 7.22. The zero-order valence-corrected chi connectivity index (χ0v) is 14.3. The van der Waals surface area contributed by atoms with Crippen molar-refractivity contribution in [2.75, 3.05) is 6.61 Å². The maximum Gasteiger partial charge on any atom is 0.414 e. The summed E-state index contributed by atoms with van der Waals surface area (Å²) in [6, 6.07) is 0. The van der Waals surface area contributed by atoms with Gasteiger partial charge >= 0.3 is 6.18 Å². The molecule has 2 fully saturated rings. The van der Waals surface area contributed by atoms with Gasteiger partial charge in [0.2, 0.25) is 0 Å². The van der Waals surface area contributed by atoms with Crippen LogP contribution in [0.4, 0.5) is 13.2 Å². The van der Waals surface area contributed by atoms with Gasteiger partial charge in [0.25, 0.3) is 0 Å². The van der Waals surface area contributed by atoms with Crippen LogP contribution in [0.25, 0.3) is 0 Å². The highest BCUT2D eigenvalue weighted by molar-refractivity contribution is 4.94. The molecule has 4 heteroatoms. The Morgan fingerprint density at radius 1 is 0.957 bits per heavy atom. The summed E-state index contributed by atoms with van der Waals surface area (Å²) in [5.41, 5.74) is 0. The molecule has 0 aliphatic heterocycles. The fourth-order valence-corrected chi connectivity index (χ4v) is 4.31. The molecule has 2 aliphatic rings. The van der Waals surface area contributed by atoms with Gasteiger partial charge in [0.15, 0.2) is 6.10 Å². The van der Waals surface area contributed by atoms with E-state index in [2.05, 4.69) is 0 Å². The molecule has 0 saturated heterocycles. The van der Waals surface area contributed by atoms with Crippen molar-refractivity contribution in [3.8, 4) is 0 Å². The molecule has 0 spiro atoms. The molecule has 0 N–H and O–H groups in total. The van der Waals surface area contributed by atoms with Gasteiger partial charge in [0.05, 0.1) is 0 Å². The zero-order chi connectivity index (χ0) is 16.7. The van der Waals surface area contributed by atoms with Gasteiger partial charge in [-0.2, -0.15) is 13.2 Å². The highest BCUT2D eigenvalue weighted by atomic mass is 19.4. The minimum Gasteiger partial charge on any atom is -0.369 e. The topological polar surface area (TPSA) is 9.23 Å². The Kier molecular flexibility index (Phi) is 7.45. The summed E-state index contributed by atoms with van der Waals surface area (Å²) in [5.74, 6) is 2.25. The Labute approximate surface area is 138 Å². The third kappa shape index (κ3) is 6.13. The lowest BCUT2D eigenvalue weighted by molar-refractivity contribution is -0.217. The summed E-state index contributed by atoms with van der Waals surface area (Å²) in [6.07, 6.45) is 9.50. The van der Waals surface area contributed by atoms with Crippen molar-refractivity contribution >= 4 is 0 Å². The fourth-order valence-electron chi connectivity index (χ4n) is 4.31. The monoisotopic (exact) mass is 332 g/mol. The van der Waals surface area contributed by atoms with Crippen LogP contribution in [0.5, 0.6) is 0 Å². The van der Waals surface area contributed by atoms with E-state index in [9.17, 15) is 13.2 Å². The van der Waals surface area contributed by atoms with Crippen LogP contribution >= 0.6 is 0 Å². The minimum atomic E-state index is -4.26. The summed E-state index contributed by atoms with van der Waals surface area (Å²) in [6.45, 7) is 1.71. The van der Waals surface area contributed by atoms with Crippen molar-refractivity contribution in [2.24, 2.45) is 17.8 Å². The normalized spacial score (nSPS) is 29.0. The summed E-state index contributed by atoms with van der Waals surface area (Å²) in [5, 5.41) is 0. The Bertz CT molecular complexity index is 350. The van der Waals surface area contributed by atoms with E-state index in [1.165, 1.54) is 44.9 Å². The number of alkyl halides is 3. The van der Waals surface area contributed by atoms with Gasteiger partial charge in [-0.25, -0.2) is 0 Å². The number of ether oxygens (including phenoxy) is 1. The van der Waals surface area contributed by atoms with Gasteiger partial charge < -0.3 is 4.74 Å². The van der Waals surface area contributed by atoms with E-state index in [0.29, 0.717) is 5.92 Å². The minimum absolute atomic E-state index is 0.0557. The van der Waals surface area contributed by atoms with Gasteiger partial charge in [-0.15, -0.1) is 0 Å². The lowest BCUT2D eigenvalue weighted by atomic mass is 9.71. The predicted molar refractivity (Wildman–Crippen MR) is 87.2 cm³/mol. The quantitative estimate of drug-likeness (QED) is 0.520. The maximum absolute atomic E-state index is 12.8. The average molecular weight is 332 g/mol. The molecule has 2 saturated carbocycles. The van der Waals surface area contributed by atoms with Gasteiger partial charge in [-0.3, -0.25) is 0 Å². The van der Waals surface area contributed by atoms with Crippen LogP contribution in [-0.4, -0.2) is 18.9 Å². The molecule has 0 aromatic rings. The number of allylic oxidation sites excluding steroid dienone is 1. The first-order chi connectivity index (χ1) is 11.0. The van der Waals surface area contributed by atoms with Crippen LogP contribution in [0.15, 0.2) is 12.2 Å². The highest BCUT2D eigenvalue weighted by Crippen LogP contribution is 2.40. The van der Waals surface area contributed by atoms with E-state index in [1.807, 2.05) is 6.08 Å². The van der Waals surface area contributed by atoms with E-state index in [1.54, 1.807) is 13.0 Å². The molecule has 1 atom stereocenters. The van der Waals surface area contributed by atoms with Crippen molar-refractivity contribution in [1.29, 1.82) is 0 Å². The average Bonchev–Trinajstić information content (AvgIpc) is 2.54. The van der Waals surface area contributed by atoms with E-state index >= 15 is 0 Å². The summed E-state index contributed by atoms with van der Waals surface area (Å²) in [4.78, 5) is 0. The summed E-state index contributed by atoms with van der Waals surface area (Å²) >= 11 is 0. The first-order valence-electron chi connectivity index (χ1n) is 9.35. The van der Waals surface area contributed by atoms with E-state index in [-0.39, 0.29) is 13.0 Å². The molecule has 0 bridgehead atoms. The summed E-state index contributed by atoms with van der Waals surface area (Å²) in [7, 11) is 0. The van der Waals surface area contributed by atoms with Crippen molar-refractivity contribution < 1.29 is 17.9 Å². The SMILES string of the molecule is CCOC(CC=CC1CCC(C2CCCCC2)CC1)C(F)(F)F. The van der Waals surface area contributed by atoms with Crippen molar-refractivity contribution in [3.63, 3.8) is 0 Å². The molecule has 2 aliphatic carbocycles. The number of halogens is 3. The van der Waals surface area contributed by atoms with Crippen molar-refractivity contribution in [1.82, 2.24) is 0 Å². The molecule has 134 valence electrons. The van der Waals surface area contributed by atoms with E-state index < -0.39 is 12.3 Å². The zero-order valence-electron chi connectivity index (χ0n) is 14.3. The molecule has 0 radical (unpaired) electrons. The lowest BCUT2D eigenvalue weighted by Crippen LogP contribution is -2.31. The first kappa shape index (κ1) is 18.8. The molecular formula is C19H31F3O. The first-order valence-corrected chi connectivity index (χ1v) is 9.35. The van der Waals surface area contributed by atoms with Gasteiger partial charge in [0.1, 0.15) is 0 Å². The third-order valence-electron chi connectivity index (χ3n) is 5.62. The number of hydrogen-bond acceptors (Lipinski definition) is 1. The Hall–Kier alpha value is -0.510. The van der Waals surface area contributed by atoms with Crippen LogP contribution in [0.2, 0.25) is 0 Å². The van der Waals surface area contributed by atoms with Crippen LogP contribution in [-0.2, 0) is 4.74 Å². The second-order valence-electron chi connectivity index (χ2n) is 7.22. The Morgan fingerprint density at radius 2 is 1.57 bits per heavy atom. The molecule has 0 aromatic heterocycles. The Morgan fingerprint density at radius 3 is 2.13 bits per heavy atom. The van der Waals surface area contributed by atoms with Crippen LogP contribution in [0.3, 0.4) is 0 Å². The molecule has 0 aromatic carbocycles. The van der Waals surface area contributed by atoms with Crippen molar-refractivity contribution in [3.05, 3.63) is 12.2 Å². The fraction of sp³-hybridized carbons (Fsp3) is 0.895. The molecular weight excluding hydrogens is 301 g/mol. The molecule has 1 unspecified atom stereocenters. The van der Waals surface area contributed by atoms with E-state index in [0.717, 1.165) is 24.7 Å². The van der Waals surface area contributed by atoms with Gasteiger partial charge in [-0.1, -0.05) is 44.3 Å². The standard InChI is InChI=1S/C19H31F3O/c1-2-23-18(19(20,21)22)10-6-7-15-11-13-17(14-12-15)16-8-4-3-5-9-16/h6-7,15-18H,2-5,8-14H2,1H3. The van der Waals surface area contributed by atoms with E-state index in [4.69, 9.17) is 4.74 Å². The second kappa shape index (κ2) is 9.10. The van der Waals surface area contributed by atoms with Crippen LogP contribution in [0, 0.1) is 17.8 Å². The predicted octanol–water partition coefficient (Wildman–Crippen LogP) is 6.29. The summed E-state index contributed by atoms with van der Waals surface area (Å²) < 4.78 is 43.1. The maximum atomic E-state index is 12.8. The van der Waals surface area contributed by atoms with Gasteiger partial charge in [0, 0.05) is 13.0 Å².